The van der Waals surface area contributed by atoms with Crippen molar-refractivity contribution in [2.75, 3.05) is 0 Å². The fraction of sp³-hybridized carbons (Fsp3) is 0.130. The summed E-state index contributed by atoms with van der Waals surface area (Å²) in [5, 5.41) is 8.02. The highest BCUT2D eigenvalue weighted by Gasteiger charge is 2.15. The molecule has 2 amide bonds. The molecule has 0 aliphatic carbocycles. The number of ether oxygens (including phenoxy) is 1. The fourth-order valence-corrected chi connectivity index (χ4v) is 3.65. The Morgan fingerprint density at radius 3 is 2.44 bits per heavy atom. The van der Waals surface area contributed by atoms with Crippen molar-refractivity contribution < 1.29 is 22.7 Å². The van der Waals surface area contributed by atoms with E-state index < -0.39 is 22.0 Å². The summed E-state index contributed by atoms with van der Waals surface area (Å²) >= 11 is 0. The van der Waals surface area contributed by atoms with Gasteiger partial charge >= 0.3 is 0 Å². The lowest BCUT2D eigenvalue weighted by atomic mass is 10.1. The number of primary sulfonamides is 1. The monoisotopic (exact) mass is 453 g/mol. The van der Waals surface area contributed by atoms with Gasteiger partial charge in [-0.2, -0.15) is 0 Å². The smallest absolute Gasteiger partial charge is 0.252 e. The van der Waals surface area contributed by atoms with Crippen LogP contribution in [0.4, 0.5) is 0 Å². The molecule has 0 aliphatic heterocycles. The van der Waals surface area contributed by atoms with Crippen LogP contribution in [0.15, 0.2) is 77.7 Å². The first kappa shape index (κ1) is 23.0. The Morgan fingerprint density at radius 1 is 1.00 bits per heavy atom. The number of benzene rings is 3. The summed E-state index contributed by atoms with van der Waals surface area (Å²) in [5.41, 5.74) is 7.37. The molecule has 166 valence electrons. The summed E-state index contributed by atoms with van der Waals surface area (Å²) in [4.78, 5) is 24.2. The van der Waals surface area contributed by atoms with Gasteiger partial charge in [0, 0.05) is 5.56 Å². The molecular formula is C23H23N3O5S. The molecule has 0 saturated carbocycles. The van der Waals surface area contributed by atoms with Gasteiger partial charge in [-0.15, -0.1) is 0 Å². The maximum Gasteiger partial charge on any atom is 0.252 e. The van der Waals surface area contributed by atoms with E-state index in [2.05, 4.69) is 5.32 Å². The molecule has 1 unspecified atom stereocenters. The fourth-order valence-electron chi connectivity index (χ4n) is 3.08. The van der Waals surface area contributed by atoms with Gasteiger partial charge in [-0.05, 0) is 54.4 Å². The highest BCUT2D eigenvalue weighted by atomic mass is 32.2. The summed E-state index contributed by atoms with van der Waals surface area (Å²) in [6.07, 6.45) is 0. The predicted molar refractivity (Wildman–Crippen MR) is 119 cm³/mol. The van der Waals surface area contributed by atoms with Crippen molar-refractivity contribution in [1.29, 1.82) is 0 Å². The highest BCUT2D eigenvalue weighted by molar-refractivity contribution is 7.89. The second kappa shape index (κ2) is 9.63. The van der Waals surface area contributed by atoms with Gasteiger partial charge in [-0.25, -0.2) is 13.6 Å². The third-order valence-electron chi connectivity index (χ3n) is 4.77. The van der Waals surface area contributed by atoms with Crippen molar-refractivity contribution in [1.82, 2.24) is 5.32 Å². The lowest BCUT2D eigenvalue weighted by molar-refractivity contribution is 0.0938. The maximum absolute atomic E-state index is 12.7. The summed E-state index contributed by atoms with van der Waals surface area (Å²) in [5.74, 6) is -0.565. The van der Waals surface area contributed by atoms with Crippen LogP contribution < -0.4 is 20.9 Å². The minimum absolute atomic E-state index is 0.0218. The number of carbonyl (C=O) groups excluding carboxylic acids is 2. The van der Waals surface area contributed by atoms with E-state index in [0.717, 1.165) is 5.56 Å². The zero-order valence-corrected chi connectivity index (χ0v) is 18.1. The number of amides is 2. The van der Waals surface area contributed by atoms with E-state index in [-0.39, 0.29) is 23.0 Å². The molecule has 0 heterocycles. The summed E-state index contributed by atoms with van der Waals surface area (Å²) in [6.45, 7) is 1.88. The van der Waals surface area contributed by atoms with Gasteiger partial charge < -0.3 is 15.8 Å². The van der Waals surface area contributed by atoms with Crippen LogP contribution in [-0.2, 0) is 16.6 Å². The Kier molecular flexibility index (Phi) is 6.92. The number of sulfonamides is 1. The molecule has 0 fully saturated rings. The Labute approximate surface area is 186 Å². The van der Waals surface area contributed by atoms with Crippen molar-refractivity contribution in [3.63, 3.8) is 0 Å². The summed E-state index contributed by atoms with van der Waals surface area (Å²) in [7, 11) is -3.84. The van der Waals surface area contributed by atoms with E-state index in [0.29, 0.717) is 16.9 Å². The number of rotatable bonds is 8. The van der Waals surface area contributed by atoms with E-state index >= 15 is 0 Å². The minimum atomic E-state index is -3.84. The van der Waals surface area contributed by atoms with E-state index in [4.69, 9.17) is 15.6 Å². The zero-order chi connectivity index (χ0) is 23.3. The Morgan fingerprint density at radius 2 is 1.72 bits per heavy atom. The van der Waals surface area contributed by atoms with Crippen molar-refractivity contribution in [2.24, 2.45) is 10.9 Å². The lowest BCUT2D eigenvalue weighted by Crippen LogP contribution is -2.27. The average molecular weight is 454 g/mol. The normalized spacial score (nSPS) is 12.1. The summed E-state index contributed by atoms with van der Waals surface area (Å²) < 4.78 is 28.8. The molecule has 32 heavy (non-hydrogen) atoms. The van der Waals surface area contributed by atoms with E-state index in [1.807, 2.05) is 0 Å². The molecule has 1 atom stereocenters. The first-order valence-corrected chi connectivity index (χ1v) is 11.2. The van der Waals surface area contributed by atoms with Gasteiger partial charge in [0.2, 0.25) is 10.0 Å². The largest absolute Gasteiger partial charge is 0.488 e. The van der Waals surface area contributed by atoms with E-state index in [9.17, 15) is 18.0 Å². The van der Waals surface area contributed by atoms with Crippen molar-refractivity contribution in [3.05, 3.63) is 95.1 Å². The van der Waals surface area contributed by atoms with Crippen LogP contribution in [0, 0.1) is 0 Å². The van der Waals surface area contributed by atoms with Gasteiger partial charge in [0.1, 0.15) is 12.4 Å². The molecule has 0 aliphatic rings. The Balaban J connectivity index is 1.70. The third kappa shape index (κ3) is 5.71. The van der Waals surface area contributed by atoms with E-state index in [1.165, 1.54) is 12.1 Å². The third-order valence-corrected chi connectivity index (χ3v) is 5.68. The summed E-state index contributed by atoms with van der Waals surface area (Å²) in [6, 6.07) is 19.2. The number of hydrogen-bond donors (Lipinski definition) is 3. The molecule has 0 saturated heterocycles. The minimum Gasteiger partial charge on any atom is -0.488 e. The Hall–Kier alpha value is -3.69. The van der Waals surface area contributed by atoms with E-state index in [1.54, 1.807) is 67.6 Å². The number of primary amides is 1. The number of carbonyl (C=O) groups is 2. The second-order valence-electron chi connectivity index (χ2n) is 7.16. The van der Waals surface area contributed by atoms with Crippen LogP contribution in [0.2, 0.25) is 0 Å². The molecule has 8 nitrogen and oxygen atoms in total. The number of para-hydroxylation sites is 1. The van der Waals surface area contributed by atoms with Crippen LogP contribution in [0.3, 0.4) is 0 Å². The molecule has 3 aromatic carbocycles. The van der Waals surface area contributed by atoms with Gasteiger partial charge in [-0.3, -0.25) is 9.59 Å². The first-order valence-electron chi connectivity index (χ1n) is 9.69. The van der Waals surface area contributed by atoms with Crippen LogP contribution in [0.1, 0.15) is 44.8 Å². The average Bonchev–Trinajstić information content (AvgIpc) is 2.77. The SMILES string of the molecule is CC(NC(=O)c1cccc(COc2ccccc2C(N)=O)c1)c1cccc(S(N)(=O)=O)c1. The van der Waals surface area contributed by atoms with Gasteiger partial charge in [0.05, 0.1) is 16.5 Å². The van der Waals surface area contributed by atoms with Crippen LogP contribution in [0.25, 0.3) is 0 Å². The maximum atomic E-state index is 12.7. The molecule has 5 N–H and O–H groups in total. The number of hydrogen-bond acceptors (Lipinski definition) is 5. The lowest BCUT2D eigenvalue weighted by Gasteiger charge is -2.16. The molecule has 3 rings (SSSR count). The zero-order valence-electron chi connectivity index (χ0n) is 17.3. The molecule has 3 aromatic rings. The molecule has 0 bridgehead atoms. The van der Waals surface area contributed by atoms with Gasteiger partial charge in [0.15, 0.2) is 0 Å². The second-order valence-corrected chi connectivity index (χ2v) is 8.72. The molecule has 9 heteroatoms. The van der Waals surface area contributed by atoms with Crippen LogP contribution in [-0.4, -0.2) is 20.2 Å². The highest BCUT2D eigenvalue weighted by Crippen LogP contribution is 2.20. The first-order chi connectivity index (χ1) is 15.1. The van der Waals surface area contributed by atoms with Gasteiger partial charge in [0.25, 0.3) is 11.8 Å². The molecular weight excluding hydrogens is 430 g/mol. The topological polar surface area (TPSA) is 142 Å². The van der Waals surface area contributed by atoms with Gasteiger partial charge in [-0.1, -0.05) is 36.4 Å². The van der Waals surface area contributed by atoms with Crippen LogP contribution in [0.5, 0.6) is 5.75 Å². The number of nitrogens with one attached hydrogen (secondary N) is 1. The van der Waals surface area contributed by atoms with Crippen molar-refractivity contribution in [2.45, 2.75) is 24.5 Å². The van der Waals surface area contributed by atoms with Crippen LogP contribution >= 0.6 is 0 Å². The van der Waals surface area contributed by atoms with Crippen molar-refractivity contribution >= 4 is 21.8 Å². The molecule has 0 aromatic heterocycles. The standard InChI is InChI=1S/C23H23N3O5S/c1-15(17-7-5-9-19(13-17)32(25,29)30)26-23(28)18-8-4-6-16(12-18)14-31-21-11-3-2-10-20(21)22(24)27/h2-13,15H,14H2,1H3,(H2,24,27)(H,26,28)(H2,25,29,30). The quantitative estimate of drug-likeness (QED) is 0.480. The van der Waals surface area contributed by atoms with Crippen molar-refractivity contribution in [3.8, 4) is 5.75 Å². The number of nitrogens with two attached hydrogens (primary N) is 2. The molecule has 0 radical (unpaired) electrons. The Bertz CT molecular complexity index is 1260. The predicted octanol–water partition coefficient (Wildman–Crippen LogP) is 2.50. The molecule has 0 spiro atoms.